The van der Waals surface area contributed by atoms with Crippen LogP contribution in [0.5, 0.6) is 11.5 Å². The number of nitrogens with two attached hydrogens (primary N) is 1. The number of benzene rings is 1. The maximum absolute atomic E-state index is 13.3. The monoisotopic (exact) mass is 424 g/mol. The molecule has 0 aliphatic carbocycles. The maximum atomic E-state index is 13.3. The lowest BCUT2D eigenvalue weighted by Gasteiger charge is -2.25. The van der Waals surface area contributed by atoms with Crippen LogP contribution in [0.4, 0.5) is 0 Å². The number of unbranched alkanes of at least 4 members (excludes halogenated alkanes) is 2. The summed E-state index contributed by atoms with van der Waals surface area (Å²) in [4.78, 5) is 13.3. The average molecular weight is 425 g/mol. The molecular weight excluding hydrogens is 388 g/mol. The van der Waals surface area contributed by atoms with E-state index < -0.39 is 0 Å². The lowest BCUT2D eigenvalue weighted by molar-refractivity contribution is 0.294. The first kappa shape index (κ1) is 25.3. The summed E-state index contributed by atoms with van der Waals surface area (Å²) in [6.07, 6.45) is 4.07. The Hall–Kier alpha value is -1.72. The van der Waals surface area contributed by atoms with Crippen LogP contribution in [-0.4, -0.2) is 17.8 Å². The summed E-state index contributed by atoms with van der Waals surface area (Å²) < 4.78 is 13.8. The lowest BCUT2D eigenvalue weighted by Crippen LogP contribution is -2.31. The van der Waals surface area contributed by atoms with E-state index >= 15 is 0 Å². The van der Waals surface area contributed by atoms with Crippen molar-refractivity contribution in [3.8, 4) is 11.5 Å². The average Bonchev–Trinajstić information content (AvgIpc) is 2.64. The highest BCUT2D eigenvalue weighted by Gasteiger charge is 2.21. The lowest BCUT2D eigenvalue weighted by atomic mass is 9.96. The van der Waals surface area contributed by atoms with E-state index in [-0.39, 0.29) is 29.9 Å². The fourth-order valence-corrected chi connectivity index (χ4v) is 3.19. The molecule has 1 aromatic carbocycles. The van der Waals surface area contributed by atoms with Gasteiger partial charge in [-0.3, -0.25) is 4.79 Å². The standard InChI is InChI=1S/C23H36N2O3.ClH/c1-6-8-12-27-17-10-11-18-19(14-17)22(26)25(16-23(3,4)5)20(15-24)21(18)28-13-9-7-2;/h10-11,14H,6-9,12-13,15-16,24H2,1-5H3;1H. The van der Waals surface area contributed by atoms with Crippen molar-refractivity contribution in [1.29, 1.82) is 0 Å². The Bertz CT molecular complexity index is 841. The molecule has 0 atom stereocenters. The number of nitrogens with zero attached hydrogens (tertiary/aromatic N) is 1. The van der Waals surface area contributed by atoms with Crippen molar-refractivity contribution in [3.05, 3.63) is 34.2 Å². The first-order chi connectivity index (χ1) is 13.3. The summed E-state index contributed by atoms with van der Waals surface area (Å²) in [5, 5.41) is 1.44. The van der Waals surface area contributed by atoms with E-state index in [4.69, 9.17) is 15.2 Å². The molecule has 2 N–H and O–H groups in total. The molecule has 0 spiro atoms. The van der Waals surface area contributed by atoms with E-state index in [0.29, 0.717) is 25.1 Å². The topological polar surface area (TPSA) is 66.5 Å². The molecule has 1 heterocycles. The zero-order valence-electron chi connectivity index (χ0n) is 18.5. The second-order valence-corrected chi connectivity index (χ2v) is 8.54. The largest absolute Gasteiger partial charge is 0.494 e. The van der Waals surface area contributed by atoms with Crippen LogP contribution in [0, 0.1) is 5.41 Å². The van der Waals surface area contributed by atoms with Gasteiger partial charge in [-0.05, 0) is 36.5 Å². The van der Waals surface area contributed by atoms with Crippen LogP contribution < -0.4 is 20.8 Å². The van der Waals surface area contributed by atoms with Gasteiger partial charge in [-0.1, -0.05) is 47.5 Å². The minimum absolute atomic E-state index is 0. The Morgan fingerprint density at radius 3 is 2.17 bits per heavy atom. The summed E-state index contributed by atoms with van der Waals surface area (Å²) in [7, 11) is 0. The smallest absolute Gasteiger partial charge is 0.259 e. The first-order valence-electron chi connectivity index (χ1n) is 10.5. The molecule has 0 saturated heterocycles. The van der Waals surface area contributed by atoms with Gasteiger partial charge >= 0.3 is 0 Å². The highest BCUT2D eigenvalue weighted by Crippen LogP contribution is 2.32. The van der Waals surface area contributed by atoms with E-state index in [2.05, 4.69) is 34.6 Å². The zero-order chi connectivity index (χ0) is 20.7. The predicted molar refractivity (Wildman–Crippen MR) is 124 cm³/mol. The second kappa shape index (κ2) is 11.5. The van der Waals surface area contributed by atoms with Crippen LogP contribution in [-0.2, 0) is 13.1 Å². The Labute approximate surface area is 181 Å². The van der Waals surface area contributed by atoms with Crippen LogP contribution in [0.15, 0.2) is 23.0 Å². The van der Waals surface area contributed by atoms with E-state index in [9.17, 15) is 4.79 Å². The Balaban J connectivity index is 0.00000420. The minimum Gasteiger partial charge on any atom is -0.494 e. The molecule has 5 nitrogen and oxygen atoms in total. The molecule has 29 heavy (non-hydrogen) atoms. The van der Waals surface area contributed by atoms with Crippen molar-refractivity contribution >= 4 is 23.2 Å². The molecule has 2 aromatic rings. The maximum Gasteiger partial charge on any atom is 0.259 e. The van der Waals surface area contributed by atoms with Crippen LogP contribution in [0.3, 0.4) is 0 Å². The van der Waals surface area contributed by atoms with Gasteiger partial charge < -0.3 is 19.8 Å². The highest BCUT2D eigenvalue weighted by molar-refractivity contribution is 5.89. The predicted octanol–water partition coefficient (Wildman–Crippen LogP) is 5.29. The third-order valence-electron chi connectivity index (χ3n) is 4.64. The molecular formula is C23H37ClN2O3. The van der Waals surface area contributed by atoms with Gasteiger partial charge in [0.25, 0.3) is 5.56 Å². The molecule has 6 heteroatoms. The van der Waals surface area contributed by atoms with Gasteiger partial charge in [0, 0.05) is 18.5 Å². The van der Waals surface area contributed by atoms with E-state index in [1.165, 1.54) is 0 Å². The zero-order valence-corrected chi connectivity index (χ0v) is 19.4. The summed E-state index contributed by atoms with van der Waals surface area (Å²) in [6, 6.07) is 5.69. The van der Waals surface area contributed by atoms with Crippen molar-refractivity contribution in [1.82, 2.24) is 4.57 Å². The molecule has 0 saturated carbocycles. The van der Waals surface area contributed by atoms with Crippen molar-refractivity contribution in [2.45, 2.75) is 73.4 Å². The normalized spacial score (nSPS) is 11.4. The fraction of sp³-hybridized carbons (Fsp3) is 0.609. The summed E-state index contributed by atoms with van der Waals surface area (Å²) in [5.74, 6) is 1.45. The summed E-state index contributed by atoms with van der Waals surface area (Å²) >= 11 is 0. The van der Waals surface area contributed by atoms with Crippen LogP contribution in [0.1, 0.15) is 66.0 Å². The van der Waals surface area contributed by atoms with Crippen LogP contribution in [0.2, 0.25) is 0 Å². The Kier molecular flexibility index (Phi) is 10.0. The number of hydrogen-bond donors (Lipinski definition) is 1. The number of rotatable bonds is 10. The molecule has 0 aliphatic rings. The van der Waals surface area contributed by atoms with Crippen molar-refractivity contribution < 1.29 is 9.47 Å². The number of hydrogen-bond acceptors (Lipinski definition) is 4. The highest BCUT2D eigenvalue weighted by atomic mass is 35.5. The van der Waals surface area contributed by atoms with Gasteiger partial charge in [-0.2, -0.15) is 0 Å². The van der Waals surface area contributed by atoms with Gasteiger partial charge in [-0.15, -0.1) is 12.4 Å². The second-order valence-electron chi connectivity index (χ2n) is 8.54. The molecule has 0 radical (unpaired) electrons. The summed E-state index contributed by atoms with van der Waals surface area (Å²) in [6.45, 7) is 12.7. The van der Waals surface area contributed by atoms with Gasteiger partial charge in [0.15, 0.2) is 0 Å². The van der Waals surface area contributed by atoms with Crippen LogP contribution >= 0.6 is 12.4 Å². The van der Waals surface area contributed by atoms with Crippen molar-refractivity contribution in [2.75, 3.05) is 13.2 Å². The Morgan fingerprint density at radius 1 is 1.00 bits per heavy atom. The van der Waals surface area contributed by atoms with Gasteiger partial charge in [0.05, 0.1) is 24.3 Å². The number of ether oxygens (including phenoxy) is 2. The molecule has 0 fully saturated rings. The van der Waals surface area contributed by atoms with Crippen LogP contribution in [0.25, 0.3) is 10.8 Å². The van der Waals surface area contributed by atoms with Crippen molar-refractivity contribution in [2.24, 2.45) is 11.1 Å². The number of fused-ring (bicyclic) bond motifs is 1. The molecule has 0 unspecified atom stereocenters. The first-order valence-corrected chi connectivity index (χ1v) is 10.5. The third-order valence-corrected chi connectivity index (χ3v) is 4.64. The van der Waals surface area contributed by atoms with E-state index in [1.54, 1.807) is 4.57 Å². The van der Waals surface area contributed by atoms with Gasteiger partial charge in [0.1, 0.15) is 11.5 Å². The number of aromatic nitrogens is 1. The SMILES string of the molecule is CCCCOc1ccc2c(OCCCC)c(CN)n(CC(C)(C)C)c(=O)c2c1.Cl. The van der Waals surface area contributed by atoms with E-state index in [1.807, 2.05) is 18.2 Å². The van der Waals surface area contributed by atoms with E-state index in [0.717, 1.165) is 48.3 Å². The molecule has 0 aliphatic heterocycles. The molecule has 2 rings (SSSR count). The molecule has 0 amide bonds. The fourth-order valence-electron chi connectivity index (χ4n) is 3.19. The third kappa shape index (κ3) is 6.65. The minimum atomic E-state index is -0.0582. The molecule has 1 aromatic heterocycles. The molecule has 0 bridgehead atoms. The van der Waals surface area contributed by atoms with Crippen molar-refractivity contribution in [3.63, 3.8) is 0 Å². The van der Waals surface area contributed by atoms with Gasteiger partial charge in [0.2, 0.25) is 0 Å². The number of halogens is 1. The van der Waals surface area contributed by atoms with Gasteiger partial charge in [-0.25, -0.2) is 0 Å². The number of pyridine rings is 1. The summed E-state index contributed by atoms with van der Waals surface area (Å²) in [5.41, 5.74) is 6.76. The quantitative estimate of drug-likeness (QED) is 0.526. The molecule has 164 valence electrons. The Morgan fingerprint density at radius 2 is 1.62 bits per heavy atom.